The minimum absolute atomic E-state index is 0. The molecule has 17 nitrogen and oxygen atoms in total. The van der Waals surface area contributed by atoms with Gasteiger partial charge in [-0.1, -0.05) is 0 Å². The zero-order chi connectivity index (χ0) is 45.8. The topological polar surface area (TPSA) is 280 Å². The van der Waals surface area contributed by atoms with Crippen molar-refractivity contribution in [1.29, 1.82) is 0 Å². The third-order valence-corrected chi connectivity index (χ3v) is 14.0. The number of carbonyl (C=O) groups is 2. The van der Waals surface area contributed by atoms with Crippen LogP contribution in [-0.2, 0) is 59.2 Å². The van der Waals surface area contributed by atoms with E-state index >= 15 is 0 Å². The SMILES string of the molecule is COCOC12CC3CC(C1)CC(C(=O)OCCC(F)(F)C(F)(F)S(=O)(=O)[O-])(C3)C2.O=C(OCCC(F)(F)C(F)(F)S(=O)(=O)[O-])C12CC3CC(CC(O)(C3)C1)C2.O=S(=O)(O)O.[Na+].[Na+]. The number of methoxy groups -OCH3 is 1. The molecule has 0 aromatic rings. The van der Waals surface area contributed by atoms with Crippen molar-refractivity contribution in [2.75, 3.05) is 27.1 Å². The Morgan fingerprint density at radius 2 is 0.952 bits per heavy atom. The monoisotopic (exact) mass is 994 g/mol. The zero-order valence-electron chi connectivity index (χ0n) is 33.6. The third kappa shape index (κ3) is 12.9. The van der Waals surface area contributed by atoms with E-state index in [-0.39, 0.29) is 96.0 Å². The number of ether oxygens (including phenoxy) is 4. The van der Waals surface area contributed by atoms with Crippen LogP contribution >= 0.6 is 0 Å². The van der Waals surface area contributed by atoms with Crippen molar-refractivity contribution in [3.63, 3.8) is 0 Å². The summed E-state index contributed by atoms with van der Waals surface area (Å²) < 4.78 is 221. The molecule has 0 aromatic carbocycles. The Hall–Kier alpha value is -0.0500. The molecule has 3 N–H and O–H groups in total. The van der Waals surface area contributed by atoms with Crippen LogP contribution in [0.15, 0.2) is 0 Å². The van der Waals surface area contributed by atoms with Crippen LogP contribution in [-0.4, -0.2) is 121 Å². The molecule has 62 heavy (non-hydrogen) atoms. The summed E-state index contributed by atoms with van der Waals surface area (Å²) in [4.78, 5) is 25.1. The first-order valence-electron chi connectivity index (χ1n) is 18.3. The van der Waals surface area contributed by atoms with Crippen molar-refractivity contribution < 1.29 is 171 Å². The summed E-state index contributed by atoms with van der Waals surface area (Å²) in [7, 11) is -16.3. The van der Waals surface area contributed by atoms with Gasteiger partial charge in [-0.3, -0.25) is 18.7 Å². The van der Waals surface area contributed by atoms with Gasteiger partial charge in [0, 0.05) is 7.11 Å². The Balaban J connectivity index is 0.000000375. The molecular weight excluding hydrogens is 951 g/mol. The maximum Gasteiger partial charge on any atom is 1.00 e. The average molecular weight is 995 g/mol. The molecule has 8 aliphatic rings. The fraction of sp³-hybridized carbons (Fsp3) is 0.938. The maximum atomic E-state index is 13.6. The Morgan fingerprint density at radius 3 is 1.26 bits per heavy atom. The fourth-order valence-electron chi connectivity index (χ4n) is 10.7. The first-order valence-corrected chi connectivity index (χ1v) is 22.5. The van der Waals surface area contributed by atoms with E-state index in [0.29, 0.717) is 44.9 Å². The number of hydrogen-bond acceptors (Lipinski definition) is 15. The van der Waals surface area contributed by atoms with E-state index in [4.69, 9.17) is 36.5 Å². The van der Waals surface area contributed by atoms with Crippen LogP contribution in [0.25, 0.3) is 0 Å². The predicted molar refractivity (Wildman–Crippen MR) is 179 cm³/mol. The van der Waals surface area contributed by atoms with Crippen LogP contribution in [0.1, 0.15) is 89.9 Å². The molecule has 8 rings (SSSR count). The summed E-state index contributed by atoms with van der Waals surface area (Å²) in [5.74, 6) is -11.3. The second kappa shape index (κ2) is 19.9. The minimum Gasteiger partial charge on any atom is -0.743 e. The predicted octanol–water partition coefficient (Wildman–Crippen LogP) is -1.97. The fourth-order valence-corrected chi connectivity index (χ4v) is 11.7. The Bertz CT molecular complexity index is 1920. The zero-order valence-corrected chi connectivity index (χ0v) is 40.1. The van der Waals surface area contributed by atoms with Crippen molar-refractivity contribution in [1.82, 2.24) is 0 Å². The molecule has 350 valence electrons. The van der Waals surface area contributed by atoms with Crippen molar-refractivity contribution >= 4 is 42.6 Å². The van der Waals surface area contributed by atoms with E-state index in [1.54, 1.807) is 0 Å². The van der Waals surface area contributed by atoms with Gasteiger partial charge < -0.3 is 33.2 Å². The van der Waals surface area contributed by atoms with Gasteiger partial charge >= 0.3 is 104 Å². The second-order valence-electron chi connectivity index (χ2n) is 17.0. The number of aliphatic hydroxyl groups is 1. The molecule has 4 unspecified atom stereocenters. The normalized spacial score (nSPS) is 32.5. The third-order valence-electron chi connectivity index (χ3n) is 12.2. The van der Waals surface area contributed by atoms with Gasteiger partial charge in [0.25, 0.3) is 0 Å². The number of carbonyl (C=O) groups excluding carboxylic acids is 2. The van der Waals surface area contributed by atoms with Crippen LogP contribution in [0.2, 0.25) is 0 Å². The minimum atomic E-state index is -6.57. The smallest absolute Gasteiger partial charge is 0.743 e. The summed E-state index contributed by atoms with van der Waals surface area (Å²) in [6.45, 7) is -2.22. The molecule has 8 saturated carbocycles. The Morgan fingerprint density at radius 1 is 0.629 bits per heavy atom. The molecular formula is C32H44F8Na2O17S3. The standard InChI is InChI=1S/C17H24F4O7S.C15H20F4O6S.2Na.H2O4S/c1-26-10-28-15-7-11-4-12(8-15)6-14(5-11,9-15)13(22)27-3-2-16(18,19)17(20,21)29(23,24)25;16-14(17,15(18,19)26(22,23)24)1-2-25-11(20)12-4-9-3-10(5-12)7-13(21,6-9)8-12;;;1-5(2,3)4/h11-12H,2-10H2,1H3,(H,23,24,25);9-10,21H,1-8H2,(H,22,23,24);;;(H2,1,2,3,4)/q;;2*+1;/p-2. The molecule has 0 aliphatic heterocycles. The van der Waals surface area contributed by atoms with Gasteiger partial charge in [0.05, 0.1) is 48.1 Å². The van der Waals surface area contributed by atoms with Gasteiger partial charge in [0.1, 0.15) is 6.79 Å². The number of esters is 2. The van der Waals surface area contributed by atoms with Crippen LogP contribution < -0.4 is 59.1 Å². The van der Waals surface area contributed by atoms with Crippen molar-refractivity contribution in [3.8, 4) is 0 Å². The molecule has 30 heteroatoms. The summed E-state index contributed by atoms with van der Waals surface area (Å²) in [5.41, 5.74) is -3.51. The summed E-state index contributed by atoms with van der Waals surface area (Å²) in [5, 5.41) is -1.04. The van der Waals surface area contributed by atoms with Gasteiger partial charge in [-0.2, -0.15) is 43.5 Å². The Kier molecular flexibility index (Phi) is 18.6. The van der Waals surface area contributed by atoms with Gasteiger partial charge in [-0.05, 0) is 101 Å². The molecule has 8 fully saturated rings. The van der Waals surface area contributed by atoms with E-state index in [2.05, 4.69) is 0 Å². The average Bonchev–Trinajstić information content (AvgIpc) is 3.04. The molecule has 0 saturated heterocycles. The number of alkyl halides is 8. The van der Waals surface area contributed by atoms with Gasteiger partial charge in [0.2, 0.25) is 0 Å². The van der Waals surface area contributed by atoms with Crippen LogP contribution in [0.4, 0.5) is 35.1 Å². The van der Waals surface area contributed by atoms with Gasteiger partial charge in [0.15, 0.2) is 20.2 Å². The molecule has 0 heterocycles. The first-order chi connectivity index (χ1) is 27.0. The van der Waals surface area contributed by atoms with E-state index in [0.717, 1.165) is 25.7 Å². The van der Waals surface area contributed by atoms with E-state index in [9.17, 15) is 75.8 Å². The molecule has 0 radical (unpaired) electrons. The summed E-state index contributed by atoms with van der Waals surface area (Å²) >= 11 is 0. The van der Waals surface area contributed by atoms with E-state index < -0.39 is 113 Å². The summed E-state index contributed by atoms with van der Waals surface area (Å²) in [6.07, 6.45) is 3.28. The summed E-state index contributed by atoms with van der Waals surface area (Å²) in [6, 6.07) is 0. The Labute approximate surface area is 396 Å². The molecule has 0 spiro atoms. The van der Waals surface area contributed by atoms with Crippen LogP contribution in [0.5, 0.6) is 0 Å². The second-order valence-corrected chi connectivity index (χ2v) is 20.7. The molecule has 8 bridgehead atoms. The first kappa shape index (κ1) is 58.1. The van der Waals surface area contributed by atoms with E-state index in [1.807, 2.05) is 0 Å². The molecule has 0 amide bonds. The van der Waals surface area contributed by atoms with Crippen molar-refractivity contribution in [3.05, 3.63) is 0 Å². The van der Waals surface area contributed by atoms with Crippen molar-refractivity contribution in [2.24, 2.45) is 34.5 Å². The number of rotatable bonds is 15. The van der Waals surface area contributed by atoms with Crippen LogP contribution in [0.3, 0.4) is 0 Å². The van der Waals surface area contributed by atoms with Gasteiger partial charge in [-0.25, -0.2) is 16.8 Å². The van der Waals surface area contributed by atoms with Crippen molar-refractivity contribution in [2.45, 2.75) is 123 Å². The molecule has 0 aromatic heterocycles. The molecule has 4 atom stereocenters. The largest absolute Gasteiger partial charge is 1.00 e. The van der Waals surface area contributed by atoms with Gasteiger partial charge in [-0.15, -0.1) is 0 Å². The number of halogens is 8. The van der Waals surface area contributed by atoms with E-state index in [1.165, 1.54) is 7.11 Å². The van der Waals surface area contributed by atoms with Crippen LogP contribution in [0, 0.1) is 34.5 Å². The molecule has 8 aliphatic carbocycles. The quantitative estimate of drug-likeness (QED) is 0.0528. The number of hydrogen-bond donors (Lipinski definition) is 3. The maximum absolute atomic E-state index is 13.6.